The number of thiophene rings is 1. The molecule has 0 fully saturated rings. The van der Waals surface area contributed by atoms with Gasteiger partial charge in [-0.2, -0.15) is 4.31 Å². The van der Waals surface area contributed by atoms with Crippen LogP contribution < -0.4 is 5.73 Å². The number of nitrogens with zero attached hydrogens (tertiary/aromatic N) is 1. The van der Waals surface area contributed by atoms with Crippen LogP contribution >= 0.6 is 23.6 Å². The topological polar surface area (TPSA) is 63.4 Å². The molecule has 0 atom stereocenters. The predicted molar refractivity (Wildman–Crippen MR) is 90.0 cm³/mol. The summed E-state index contributed by atoms with van der Waals surface area (Å²) in [5, 5.41) is 0. The van der Waals surface area contributed by atoms with Crippen LogP contribution in [0.25, 0.3) is 0 Å². The number of thiocarbonyl (C=S) groups is 1. The molecular weight excluding hydrogens is 324 g/mol. The second-order valence-electron chi connectivity index (χ2n) is 4.73. The van der Waals surface area contributed by atoms with Gasteiger partial charge in [0.15, 0.2) is 0 Å². The number of hydrogen-bond acceptors (Lipinski definition) is 4. The van der Waals surface area contributed by atoms with E-state index >= 15 is 0 Å². The fraction of sp³-hybridized carbons (Fsp3) is 0.214. The Hall–Kier alpha value is -1.28. The van der Waals surface area contributed by atoms with Crippen molar-refractivity contribution in [2.45, 2.75) is 17.7 Å². The first kappa shape index (κ1) is 16.1. The van der Waals surface area contributed by atoms with E-state index in [1.807, 2.05) is 31.2 Å². The largest absolute Gasteiger partial charge is 0.389 e. The molecule has 2 rings (SSSR count). The molecule has 21 heavy (non-hydrogen) atoms. The number of benzene rings is 1. The van der Waals surface area contributed by atoms with E-state index in [1.54, 1.807) is 19.2 Å². The number of hydrogen-bond donors (Lipinski definition) is 1. The summed E-state index contributed by atoms with van der Waals surface area (Å²) in [6.45, 7) is 2.30. The zero-order valence-corrected chi connectivity index (χ0v) is 14.2. The third-order valence-corrected chi connectivity index (χ3v) is 6.71. The van der Waals surface area contributed by atoms with E-state index in [0.717, 1.165) is 22.5 Å². The number of nitrogens with two attached hydrogens (primary N) is 1. The SMILES string of the molecule is Cc1cccc(CN(C)S(=O)(=O)c2ccc(C(N)=S)s2)c1. The van der Waals surface area contributed by atoms with Crippen LogP contribution in [-0.4, -0.2) is 24.8 Å². The van der Waals surface area contributed by atoms with E-state index in [-0.39, 0.29) is 9.20 Å². The van der Waals surface area contributed by atoms with Crippen LogP contribution in [-0.2, 0) is 16.6 Å². The molecule has 0 aliphatic rings. The molecule has 0 amide bonds. The van der Waals surface area contributed by atoms with Crippen molar-refractivity contribution in [2.24, 2.45) is 5.73 Å². The van der Waals surface area contributed by atoms with Gasteiger partial charge in [-0.05, 0) is 24.6 Å². The summed E-state index contributed by atoms with van der Waals surface area (Å²) in [6, 6.07) is 11.0. The highest BCUT2D eigenvalue weighted by Gasteiger charge is 2.23. The normalized spacial score (nSPS) is 11.8. The average molecular weight is 340 g/mol. The van der Waals surface area contributed by atoms with Crippen LogP contribution in [0.3, 0.4) is 0 Å². The molecule has 0 bridgehead atoms. The second kappa shape index (κ2) is 6.23. The predicted octanol–water partition coefficient (Wildman–Crippen LogP) is 2.51. The van der Waals surface area contributed by atoms with Gasteiger partial charge in [0.25, 0.3) is 10.0 Å². The molecule has 112 valence electrons. The van der Waals surface area contributed by atoms with Crippen molar-refractivity contribution in [1.29, 1.82) is 0 Å². The fourth-order valence-corrected chi connectivity index (χ4v) is 4.62. The molecule has 0 saturated heterocycles. The van der Waals surface area contributed by atoms with Gasteiger partial charge in [-0.3, -0.25) is 0 Å². The molecule has 0 spiro atoms. The second-order valence-corrected chi connectivity index (χ2v) is 8.53. The van der Waals surface area contributed by atoms with Gasteiger partial charge in [0.2, 0.25) is 0 Å². The minimum atomic E-state index is -3.53. The van der Waals surface area contributed by atoms with Gasteiger partial charge in [0.1, 0.15) is 9.20 Å². The third kappa shape index (κ3) is 3.68. The molecule has 0 saturated carbocycles. The van der Waals surface area contributed by atoms with Crippen LogP contribution in [0.1, 0.15) is 16.0 Å². The molecule has 7 heteroatoms. The molecule has 2 aromatic rings. The van der Waals surface area contributed by atoms with Crippen LogP contribution in [0, 0.1) is 6.92 Å². The summed E-state index contributed by atoms with van der Waals surface area (Å²) in [5.41, 5.74) is 7.57. The van der Waals surface area contributed by atoms with Gasteiger partial charge in [-0.25, -0.2) is 8.42 Å². The Morgan fingerprint density at radius 3 is 2.62 bits per heavy atom. The van der Waals surface area contributed by atoms with Crippen LogP contribution in [0.5, 0.6) is 0 Å². The first-order valence-electron chi connectivity index (χ1n) is 6.22. The van der Waals surface area contributed by atoms with Crippen molar-refractivity contribution in [1.82, 2.24) is 4.31 Å². The minimum Gasteiger partial charge on any atom is -0.389 e. The van der Waals surface area contributed by atoms with Gasteiger partial charge in [0.05, 0.1) is 4.88 Å². The van der Waals surface area contributed by atoms with Crippen LogP contribution in [0.4, 0.5) is 0 Å². The van der Waals surface area contributed by atoms with Crippen molar-refractivity contribution in [3.63, 3.8) is 0 Å². The van der Waals surface area contributed by atoms with Gasteiger partial charge in [0, 0.05) is 13.6 Å². The molecule has 1 aromatic heterocycles. The van der Waals surface area contributed by atoms with E-state index in [9.17, 15) is 8.42 Å². The number of aryl methyl sites for hydroxylation is 1. The number of sulfonamides is 1. The van der Waals surface area contributed by atoms with Crippen molar-refractivity contribution in [2.75, 3.05) is 7.05 Å². The first-order valence-corrected chi connectivity index (χ1v) is 8.88. The molecule has 0 aliphatic heterocycles. The third-order valence-electron chi connectivity index (χ3n) is 2.98. The van der Waals surface area contributed by atoms with Crippen molar-refractivity contribution >= 4 is 38.6 Å². The van der Waals surface area contributed by atoms with Gasteiger partial charge >= 0.3 is 0 Å². The van der Waals surface area contributed by atoms with E-state index in [0.29, 0.717) is 11.4 Å². The summed E-state index contributed by atoms with van der Waals surface area (Å²) >= 11 is 5.96. The molecule has 2 N–H and O–H groups in total. The summed E-state index contributed by atoms with van der Waals surface area (Å²) < 4.78 is 26.6. The smallest absolute Gasteiger partial charge is 0.252 e. The van der Waals surface area contributed by atoms with Crippen LogP contribution in [0.2, 0.25) is 0 Å². The minimum absolute atomic E-state index is 0.211. The summed E-state index contributed by atoms with van der Waals surface area (Å²) in [4.78, 5) is 0.815. The highest BCUT2D eigenvalue weighted by atomic mass is 32.2. The Morgan fingerprint density at radius 1 is 1.33 bits per heavy atom. The molecule has 0 unspecified atom stereocenters. The Labute approximate surface area is 134 Å². The molecule has 4 nitrogen and oxygen atoms in total. The lowest BCUT2D eigenvalue weighted by Gasteiger charge is -2.16. The maximum absolute atomic E-state index is 12.5. The Morgan fingerprint density at radius 2 is 2.05 bits per heavy atom. The lowest BCUT2D eigenvalue weighted by molar-refractivity contribution is 0.468. The fourth-order valence-electron chi connectivity index (χ4n) is 1.90. The maximum atomic E-state index is 12.5. The zero-order valence-electron chi connectivity index (χ0n) is 11.7. The van der Waals surface area contributed by atoms with Crippen molar-refractivity contribution in [3.8, 4) is 0 Å². The van der Waals surface area contributed by atoms with Crippen LogP contribution in [0.15, 0.2) is 40.6 Å². The average Bonchev–Trinajstić information content (AvgIpc) is 2.89. The van der Waals surface area contributed by atoms with E-state index in [2.05, 4.69) is 0 Å². The quantitative estimate of drug-likeness (QED) is 0.850. The van der Waals surface area contributed by atoms with E-state index in [1.165, 1.54) is 4.31 Å². The lowest BCUT2D eigenvalue weighted by Crippen LogP contribution is -2.25. The molecule has 1 aromatic carbocycles. The summed E-state index contributed by atoms with van der Waals surface area (Å²) in [6.07, 6.45) is 0. The Balaban J connectivity index is 2.23. The van der Waals surface area contributed by atoms with E-state index < -0.39 is 10.0 Å². The Kier molecular flexibility index (Phi) is 4.77. The lowest BCUT2D eigenvalue weighted by atomic mass is 10.1. The monoisotopic (exact) mass is 340 g/mol. The van der Waals surface area contributed by atoms with E-state index in [4.69, 9.17) is 18.0 Å². The highest BCUT2D eigenvalue weighted by Crippen LogP contribution is 2.25. The zero-order chi connectivity index (χ0) is 15.6. The van der Waals surface area contributed by atoms with Crippen molar-refractivity contribution < 1.29 is 8.42 Å². The molecular formula is C14H16N2O2S3. The first-order chi connectivity index (χ1) is 9.80. The van der Waals surface area contributed by atoms with Crippen molar-refractivity contribution in [3.05, 3.63) is 52.4 Å². The summed E-state index contributed by atoms with van der Waals surface area (Å²) in [5.74, 6) is 0. The Bertz CT molecular complexity index is 766. The van der Waals surface area contributed by atoms with Gasteiger partial charge < -0.3 is 5.73 Å². The summed E-state index contributed by atoms with van der Waals surface area (Å²) in [7, 11) is -1.96. The maximum Gasteiger partial charge on any atom is 0.252 e. The molecule has 1 heterocycles. The molecule has 0 radical (unpaired) electrons. The number of rotatable bonds is 5. The molecule has 0 aliphatic carbocycles. The standard InChI is InChI=1S/C14H16N2O2S3/c1-10-4-3-5-11(8-10)9-16(2)21(17,18)13-7-6-12(20-13)14(15)19/h3-8H,9H2,1-2H3,(H2,15,19). The van der Waals surface area contributed by atoms with Gasteiger partial charge in [-0.15, -0.1) is 11.3 Å². The highest BCUT2D eigenvalue weighted by molar-refractivity contribution is 7.91. The van der Waals surface area contributed by atoms with Gasteiger partial charge in [-0.1, -0.05) is 42.0 Å².